The average molecular weight is 235 g/mol. The molecule has 0 aliphatic heterocycles. The number of imidazole rings is 1. The highest BCUT2D eigenvalue weighted by Crippen LogP contribution is 2.22. The Morgan fingerprint density at radius 3 is 2.73 bits per heavy atom. The van der Waals surface area contributed by atoms with Crippen molar-refractivity contribution in [3.05, 3.63) is 47.1 Å². The van der Waals surface area contributed by atoms with Crippen molar-refractivity contribution >= 4 is 27.9 Å². The molecular formula is C11H7ClN2S. The summed E-state index contributed by atoms with van der Waals surface area (Å²) in [6, 6.07) is 7.72. The van der Waals surface area contributed by atoms with Crippen LogP contribution < -0.4 is 0 Å². The number of hydrogen-bond donors (Lipinski definition) is 0. The monoisotopic (exact) mass is 234 g/mol. The molecule has 2 heterocycles. The highest BCUT2D eigenvalue weighted by atomic mass is 35.5. The topological polar surface area (TPSA) is 17.3 Å². The van der Waals surface area contributed by atoms with Gasteiger partial charge < -0.3 is 0 Å². The summed E-state index contributed by atoms with van der Waals surface area (Å²) in [7, 11) is 0. The lowest BCUT2D eigenvalue weighted by molar-refractivity contribution is 1.23. The molecule has 2 nitrogen and oxygen atoms in total. The van der Waals surface area contributed by atoms with E-state index in [1.807, 2.05) is 46.4 Å². The van der Waals surface area contributed by atoms with Crippen molar-refractivity contribution in [2.24, 2.45) is 0 Å². The van der Waals surface area contributed by atoms with Gasteiger partial charge in [0.1, 0.15) is 0 Å². The maximum atomic E-state index is 5.83. The van der Waals surface area contributed by atoms with Gasteiger partial charge in [-0.15, -0.1) is 11.3 Å². The molecule has 0 spiro atoms. The quantitative estimate of drug-likeness (QED) is 0.627. The number of aromatic nitrogens is 2. The Kier molecular flexibility index (Phi) is 2.01. The summed E-state index contributed by atoms with van der Waals surface area (Å²) in [6.45, 7) is 0. The minimum absolute atomic E-state index is 0.750. The lowest BCUT2D eigenvalue weighted by Gasteiger charge is -1.95. The fraction of sp³-hybridized carbons (Fsp3) is 0. The highest BCUT2D eigenvalue weighted by Gasteiger charge is 2.04. The molecule has 2 aromatic heterocycles. The molecule has 0 saturated carbocycles. The van der Waals surface area contributed by atoms with E-state index in [4.69, 9.17) is 11.6 Å². The summed E-state index contributed by atoms with van der Waals surface area (Å²) in [6.07, 6.45) is 4.03. The van der Waals surface area contributed by atoms with Crippen LogP contribution in [0, 0.1) is 0 Å². The Morgan fingerprint density at radius 1 is 1.20 bits per heavy atom. The van der Waals surface area contributed by atoms with Crippen molar-refractivity contribution in [3.63, 3.8) is 0 Å². The van der Waals surface area contributed by atoms with E-state index in [2.05, 4.69) is 4.98 Å². The van der Waals surface area contributed by atoms with Gasteiger partial charge in [-0.05, 0) is 12.1 Å². The predicted molar refractivity (Wildman–Crippen MR) is 63.5 cm³/mol. The Balaban J connectivity index is 2.13. The fourth-order valence-electron chi connectivity index (χ4n) is 1.49. The van der Waals surface area contributed by atoms with E-state index in [1.165, 1.54) is 0 Å². The molecule has 74 valence electrons. The molecule has 0 saturated heterocycles. The minimum Gasteiger partial charge on any atom is -0.297 e. The summed E-state index contributed by atoms with van der Waals surface area (Å²) >= 11 is 7.46. The molecule has 0 N–H and O–H groups in total. The van der Waals surface area contributed by atoms with Gasteiger partial charge in [0, 0.05) is 28.4 Å². The summed E-state index contributed by atoms with van der Waals surface area (Å²) in [5.74, 6) is 0. The summed E-state index contributed by atoms with van der Waals surface area (Å²) < 4.78 is 2.02. The lowest BCUT2D eigenvalue weighted by Crippen LogP contribution is -1.75. The van der Waals surface area contributed by atoms with E-state index in [0.717, 1.165) is 21.2 Å². The summed E-state index contributed by atoms with van der Waals surface area (Å²) in [5.41, 5.74) is 2.08. The number of halogens is 1. The van der Waals surface area contributed by atoms with Crippen LogP contribution in [0.5, 0.6) is 0 Å². The first-order valence-corrected chi connectivity index (χ1v) is 5.77. The molecule has 0 atom stereocenters. The molecular weight excluding hydrogens is 228 g/mol. The van der Waals surface area contributed by atoms with Gasteiger partial charge in [-0.2, -0.15) is 0 Å². The van der Waals surface area contributed by atoms with Crippen LogP contribution in [0.15, 0.2) is 42.0 Å². The van der Waals surface area contributed by atoms with Gasteiger partial charge in [0.2, 0.25) is 0 Å². The van der Waals surface area contributed by atoms with Crippen LogP contribution in [-0.2, 0) is 0 Å². The lowest BCUT2D eigenvalue weighted by atomic mass is 10.2. The van der Waals surface area contributed by atoms with E-state index in [-0.39, 0.29) is 0 Å². The van der Waals surface area contributed by atoms with Gasteiger partial charge >= 0.3 is 0 Å². The smallest absolute Gasteiger partial charge is 0.194 e. The van der Waals surface area contributed by atoms with Gasteiger partial charge in [-0.25, -0.2) is 4.98 Å². The van der Waals surface area contributed by atoms with E-state index in [9.17, 15) is 0 Å². The number of hydrogen-bond acceptors (Lipinski definition) is 2. The zero-order valence-corrected chi connectivity index (χ0v) is 9.29. The maximum Gasteiger partial charge on any atom is 0.194 e. The van der Waals surface area contributed by atoms with Crippen LogP contribution in [0.1, 0.15) is 0 Å². The second-order valence-corrected chi connectivity index (χ2v) is 4.54. The van der Waals surface area contributed by atoms with Crippen LogP contribution in [0.4, 0.5) is 0 Å². The molecule has 0 aliphatic rings. The van der Waals surface area contributed by atoms with Gasteiger partial charge in [0.25, 0.3) is 0 Å². The SMILES string of the molecule is Clc1ccc(-c2cn3ccsc3n2)cc1. The molecule has 1 aromatic carbocycles. The van der Waals surface area contributed by atoms with Crippen molar-refractivity contribution in [1.82, 2.24) is 9.38 Å². The van der Waals surface area contributed by atoms with Crippen LogP contribution in [0.2, 0.25) is 5.02 Å². The molecule has 0 bridgehead atoms. The summed E-state index contributed by atoms with van der Waals surface area (Å²) in [5, 5.41) is 2.77. The zero-order chi connectivity index (χ0) is 10.3. The van der Waals surface area contributed by atoms with Gasteiger partial charge in [0.05, 0.1) is 5.69 Å². The van der Waals surface area contributed by atoms with Gasteiger partial charge in [0.15, 0.2) is 4.96 Å². The first-order valence-electron chi connectivity index (χ1n) is 4.51. The first kappa shape index (κ1) is 8.95. The average Bonchev–Trinajstić information content (AvgIpc) is 2.78. The van der Waals surface area contributed by atoms with Crippen LogP contribution >= 0.6 is 22.9 Å². The second-order valence-electron chi connectivity index (χ2n) is 3.23. The Labute approximate surface area is 95.8 Å². The van der Waals surface area contributed by atoms with Crippen LogP contribution in [0.25, 0.3) is 16.2 Å². The van der Waals surface area contributed by atoms with E-state index in [1.54, 1.807) is 11.3 Å². The Morgan fingerprint density at radius 2 is 2.00 bits per heavy atom. The molecule has 3 rings (SSSR count). The number of benzene rings is 1. The van der Waals surface area contributed by atoms with Crippen molar-refractivity contribution in [1.29, 1.82) is 0 Å². The van der Waals surface area contributed by atoms with Crippen LogP contribution in [-0.4, -0.2) is 9.38 Å². The van der Waals surface area contributed by atoms with Crippen LogP contribution in [0.3, 0.4) is 0 Å². The second kappa shape index (κ2) is 3.36. The van der Waals surface area contributed by atoms with Crippen molar-refractivity contribution < 1.29 is 0 Å². The molecule has 4 heteroatoms. The normalized spacial score (nSPS) is 11.0. The highest BCUT2D eigenvalue weighted by molar-refractivity contribution is 7.15. The minimum atomic E-state index is 0.750. The maximum absolute atomic E-state index is 5.83. The van der Waals surface area contributed by atoms with Crippen molar-refractivity contribution in [3.8, 4) is 11.3 Å². The van der Waals surface area contributed by atoms with Gasteiger partial charge in [-0.3, -0.25) is 4.40 Å². The Hall–Kier alpha value is -1.32. The fourth-order valence-corrected chi connectivity index (χ4v) is 2.31. The largest absolute Gasteiger partial charge is 0.297 e. The number of nitrogens with zero attached hydrogens (tertiary/aromatic N) is 2. The third-order valence-corrected chi connectivity index (χ3v) is 3.26. The standard InChI is InChI=1S/C11H7ClN2S/c12-9-3-1-8(2-4-9)10-7-14-5-6-15-11(14)13-10/h1-7H. The van der Waals surface area contributed by atoms with Crippen molar-refractivity contribution in [2.75, 3.05) is 0 Å². The molecule has 15 heavy (non-hydrogen) atoms. The molecule has 0 fully saturated rings. The predicted octanol–water partition coefficient (Wildman–Crippen LogP) is 3.72. The number of thiazole rings is 1. The van der Waals surface area contributed by atoms with Crippen molar-refractivity contribution in [2.45, 2.75) is 0 Å². The summed E-state index contributed by atoms with van der Waals surface area (Å²) in [4.78, 5) is 5.52. The zero-order valence-electron chi connectivity index (χ0n) is 7.72. The molecule has 0 amide bonds. The molecule has 0 radical (unpaired) electrons. The molecule has 0 unspecified atom stereocenters. The van der Waals surface area contributed by atoms with Gasteiger partial charge in [-0.1, -0.05) is 23.7 Å². The Bertz CT molecular complexity index is 566. The van der Waals surface area contributed by atoms with E-state index < -0.39 is 0 Å². The molecule has 3 aromatic rings. The van der Waals surface area contributed by atoms with E-state index >= 15 is 0 Å². The number of fused-ring (bicyclic) bond motifs is 1. The van der Waals surface area contributed by atoms with E-state index in [0.29, 0.717) is 0 Å². The number of rotatable bonds is 1. The third kappa shape index (κ3) is 1.54. The first-order chi connectivity index (χ1) is 7.33. The molecule has 0 aliphatic carbocycles. The third-order valence-electron chi connectivity index (χ3n) is 2.23.